The maximum atomic E-state index is 11.6. The van der Waals surface area contributed by atoms with E-state index in [0.29, 0.717) is 25.2 Å². The van der Waals surface area contributed by atoms with Crippen molar-refractivity contribution in [3.63, 3.8) is 0 Å². The van der Waals surface area contributed by atoms with Crippen molar-refractivity contribution in [2.45, 2.75) is 39.2 Å². The monoisotopic (exact) mass is 382 g/mol. The molecule has 2 aromatic carbocycles. The summed E-state index contributed by atoms with van der Waals surface area (Å²) in [5.41, 5.74) is 0.419. The number of hydrogen-bond donors (Lipinski definition) is 0. The summed E-state index contributed by atoms with van der Waals surface area (Å²) < 4.78 is 11.9. The molecular formula is C23H30O3Si. The first-order chi connectivity index (χ1) is 12.8. The summed E-state index contributed by atoms with van der Waals surface area (Å²) in [5, 5.41) is 2.45. The Balaban J connectivity index is 2.27. The molecule has 0 aliphatic heterocycles. The zero-order valence-corrected chi connectivity index (χ0v) is 17.8. The third-order valence-electron chi connectivity index (χ3n) is 4.61. The summed E-state index contributed by atoms with van der Waals surface area (Å²) in [6.07, 6.45) is 0.656. The van der Waals surface area contributed by atoms with Gasteiger partial charge >= 0.3 is 5.97 Å². The van der Waals surface area contributed by atoms with Gasteiger partial charge in [-0.05, 0) is 22.3 Å². The highest BCUT2D eigenvalue weighted by Crippen LogP contribution is 2.36. The predicted molar refractivity (Wildman–Crippen MR) is 114 cm³/mol. The second kappa shape index (κ2) is 9.15. The molecule has 144 valence electrons. The van der Waals surface area contributed by atoms with Gasteiger partial charge in [0.2, 0.25) is 0 Å². The fraction of sp³-hybridized carbons (Fsp3) is 0.348. The average molecular weight is 383 g/mol. The Morgan fingerprint density at radius 2 is 1.41 bits per heavy atom. The smallest absolute Gasteiger partial charge is 0.333 e. The van der Waals surface area contributed by atoms with E-state index in [1.165, 1.54) is 10.4 Å². The lowest BCUT2D eigenvalue weighted by Gasteiger charge is -2.43. The Labute approximate surface area is 164 Å². The van der Waals surface area contributed by atoms with Crippen LogP contribution in [0.1, 0.15) is 34.1 Å². The average Bonchev–Trinajstić information content (AvgIpc) is 2.65. The molecule has 0 fully saturated rings. The van der Waals surface area contributed by atoms with E-state index in [-0.39, 0.29) is 11.0 Å². The third-order valence-corrected chi connectivity index (χ3v) is 9.65. The first kappa shape index (κ1) is 21.1. The second-order valence-electron chi connectivity index (χ2n) is 7.78. The molecule has 0 N–H and O–H groups in total. The van der Waals surface area contributed by atoms with Crippen LogP contribution in [0.5, 0.6) is 0 Å². The minimum Gasteiger partial charge on any atom is -0.462 e. The van der Waals surface area contributed by atoms with Gasteiger partial charge in [-0.2, -0.15) is 0 Å². The topological polar surface area (TPSA) is 35.5 Å². The maximum absolute atomic E-state index is 11.6. The minimum atomic E-state index is -2.51. The van der Waals surface area contributed by atoms with Gasteiger partial charge in [-0.1, -0.05) is 88.0 Å². The van der Waals surface area contributed by atoms with Crippen LogP contribution in [0.4, 0.5) is 0 Å². The van der Waals surface area contributed by atoms with Crippen molar-refractivity contribution in [2.75, 3.05) is 13.2 Å². The third kappa shape index (κ3) is 4.96. The fourth-order valence-corrected chi connectivity index (χ4v) is 7.94. The number of hydrogen-bond acceptors (Lipinski definition) is 3. The molecule has 0 aromatic heterocycles. The minimum absolute atomic E-state index is 0.0515. The zero-order chi connectivity index (χ0) is 19.9. The first-order valence-corrected chi connectivity index (χ1v) is 11.3. The lowest BCUT2D eigenvalue weighted by atomic mass is 10.2. The van der Waals surface area contributed by atoms with Gasteiger partial charge in [0.15, 0.2) is 0 Å². The van der Waals surface area contributed by atoms with Crippen molar-refractivity contribution in [1.29, 1.82) is 0 Å². The lowest BCUT2D eigenvalue weighted by Crippen LogP contribution is -2.66. The summed E-state index contributed by atoms with van der Waals surface area (Å²) in [6.45, 7) is 12.9. The molecule has 0 amide bonds. The normalized spacial score (nSPS) is 11.9. The molecule has 0 saturated heterocycles. The molecule has 27 heavy (non-hydrogen) atoms. The van der Waals surface area contributed by atoms with E-state index >= 15 is 0 Å². The van der Waals surface area contributed by atoms with E-state index in [1.54, 1.807) is 6.92 Å². The highest BCUT2D eigenvalue weighted by molar-refractivity contribution is 6.99. The lowest BCUT2D eigenvalue weighted by molar-refractivity contribution is -0.139. The number of benzene rings is 2. The van der Waals surface area contributed by atoms with Crippen LogP contribution >= 0.6 is 0 Å². The van der Waals surface area contributed by atoms with Gasteiger partial charge in [0.25, 0.3) is 8.32 Å². The molecule has 0 atom stereocenters. The molecule has 4 heteroatoms. The van der Waals surface area contributed by atoms with E-state index in [0.717, 1.165) is 0 Å². The SMILES string of the molecule is C=C(C)C(=O)OCCCO[Si](c1ccccc1)(c1ccccc1)C(C)(C)C. The largest absolute Gasteiger partial charge is 0.462 e. The van der Waals surface area contributed by atoms with Crippen LogP contribution in [0.3, 0.4) is 0 Å². The van der Waals surface area contributed by atoms with Gasteiger partial charge in [0, 0.05) is 18.6 Å². The van der Waals surface area contributed by atoms with E-state index in [4.69, 9.17) is 9.16 Å². The summed E-state index contributed by atoms with van der Waals surface area (Å²) in [4.78, 5) is 11.6. The van der Waals surface area contributed by atoms with Crippen LogP contribution in [0.15, 0.2) is 72.8 Å². The zero-order valence-electron chi connectivity index (χ0n) is 16.8. The number of esters is 1. The Hall–Kier alpha value is -2.17. The highest BCUT2D eigenvalue weighted by atomic mass is 28.4. The number of ether oxygens (including phenoxy) is 1. The highest BCUT2D eigenvalue weighted by Gasteiger charge is 2.49. The van der Waals surface area contributed by atoms with E-state index < -0.39 is 8.32 Å². The van der Waals surface area contributed by atoms with E-state index in [1.807, 2.05) is 12.1 Å². The van der Waals surface area contributed by atoms with Crippen molar-refractivity contribution in [3.8, 4) is 0 Å². The van der Waals surface area contributed by atoms with Gasteiger partial charge < -0.3 is 9.16 Å². The Morgan fingerprint density at radius 3 is 1.81 bits per heavy atom. The summed E-state index contributed by atoms with van der Waals surface area (Å²) in [7, 11) is -2.51. The van der Waals surface area contributed by atoms with Crippen LogP contribution in [0.25, 0.3) is 0 Å². The van der Waals surface area contributed by atoms with Gasteiger partial charge in [-0.3, -0.25) is 0 Å². The van der Waals surface area contributed by atoms with Gasteiger partial charge in [0.1, 0.15) is 0 Å². The van der Waals surface area contributed by atoms with Crippen molar-refractivity contribution >= 4 is 24.7 Å². The van der Waals surface area contributed by atoms with Crippen molar-refractivity contribution in [2.24, 2.45) is 0 Å². The number of rotatable bonds is 8. The molecule has 0 heterocycles. The molecule has 0 aliphatic rings. The molecule has 0 radical (unpaired) electrons. The molecule has 0 saturated carbocycles. The van der Waals surface area contributed by atoms with Gasteiger partial charge in [0.05, 0.1) is 6.61 Å². The van der Waals surface area contributed by atoms with E-state index in [9.17, 15) is 4.79 Å². The van der Waals surface area contributed by atoms with Crippen molar-refractivity contribution in [1.82, 2.24) is 0 Å². The van der Waals surface area contributed by atoms with Crippen molar-refractivity contribution in [3.05, 3.63) is 72.8 Å². The van der Waals surface area contributed by atoms with Crippen LogP contribution in [0.2, 0.25) is 5.04 Å². The number of carbonyl (C=O) groups is 1. The molecule has 0 aliphatic carbocycles. The molecular weight excluding hydrogens is 352 g/mol. The molecule has 3 nitrogen and oxygen atoms in total. The van der Waals surface area contributed by atoms with E-state index in [2.05, 4.69) is 75.9 Å². The van der Waals surface area contributed by atoms with Crippen LogP contribution in [-0.2, 0) is 14.0 Å². The molecule has 0 unspecified atom stereocenters. The standard InChI is InChI=1S/C23H30O3Si/c1-19(2)22(24)25-17-12-18-26-27(23(3,4)5,20-13-8-6-9-14-20)21-15-10-7-11-16-21/h6-11,13-16H,1,12,17-18H2,2-5H3. The Kier molecular flexibility index (Phi) is 7.16. The fourth-order valence-electron chi connectivity index (χ4n) is 3.33. The Bertz CT molecular complexity index is 709. The summed E-state index contributed by atoms with van der Waals surface area (Å²) >= 11 is 0. The van der Waals surface area contributed by atoms with Gasteiger partial charge in [-0.15, -0.1) is 0 Å². The summed E-state index contributed by atoms with van der Waals surface area (Å²) in [5.74, 6) is -0.347. The second-order valence-corrected chi connectivity index (χ2v) is 12.1. The van der Waals surface area contributed by atoms with Crippen LogP contribution in [-0.4, -0.2) is 27.5 Å². The first-order valence-electron chi connectivity index (χ1n) is 9.36. The van der Waals surface area contributed by atoms with Crippen molar-refractivity contribution < 1.29 is 14.0 Å². The number of carbonyl (C=O) groups excluding carboxylic acids is 1. The van der Waals surface area contributed by atoms with Crippen LogP contribution < -0.4 is 10.4 Å². The summed E-state index contributed by atoms with van der Waals surface area (Å²) in [6, 6.07) is 21.1. The maximum Gasteiger partial charge on any atom is 0.333 e. The van der Waals surface area contributed by atoms with Gasteiger partial charge in [-0.25, -0.2) is 4.79 Å². The Morgan fingerprint density at radius 1 is 0.926 bits per heavy atom. The molecule has 0 bridgehead atoms. The quantitative estimate of drug-likeness (QED) is 0.299. The molecule has 0 spiro atoms. The van der Waals surface area contributed by atoms with Crippen LogP contribution in [0, 0.1) is 0 Å². The molecule has 2 aromatic rings. The molecule has 2 rings (SSSR count). The predicted octanol–water partition coefficient (Wildman–Crippen LogP) is 4.07.